The van der Waals surface area contributed by atoms with Crippen molar-refractivity contribution in [3.63, 3.8) is 0 Å². The summed E-state index contributed by atoms with van der Waals surface area (Å²) < 4.78 is 38.8. The fourth-order valence-corrected chi connectivity index (χ4v) is 3.57. The van der Waals surface area contributed by atoms with Crippen LogP contribution < -0.4 is 11.1 Å². The van der Waals surface area contributed by atoms with Crippen LogP contribution in [0, 0.1) is 11.2 Å². The van der Waals surface area contributed by atoms with Crippen LogP contribution in [-0.2, 0) is 15.6 Å². The molecule has 1 heterocycles. The number of nitrogens with one attached hydrogen (secondary N) is 2. The SMILES string of the molecule is CN1C(=N)N[C@](C)(c2cccc(N)c2F)CS1(=O)=O. The Kier molecular flexibility index (Phi) is 2.93. The lowest BCUT2D eigenvalue weighted by Gasteiger charge is -2.40. The number of guanidine groups is 1. The number of anilines is 1. The minimum atomic E-state index is -3.66. The zero-order chi connectivity index (χ0) is 14.4. The van der Waals surface area contributed by atoms with Crippen LogP contribution in [0.1, 0.15) is 12.5 Å². The van der Waals surface area contributed by atoms with Gasteiger partial charge in [0.05, 0.1) is 17.0 Å². The van der Waals surface area contributed by atoms with Crippen molar-refractivity contribution in [3.8, 4) is 0 Å². The van der Waals surface area contributed by atoms with Crippen LogP contribution in [0.2, 0.25) is 0 Å². The molecule has 0 saturated carbocycles. The molecule has 1 aromatic carbocycles. The van der Waals surface area contributed by atoms with Gasteiger partial charge in [0.15, 0.2) is 5.82 Å². The zero-order valence-electron chi connectivity index (χ0n) is 10.6. The summed E-state index contributed by atoms with van der Waals surface area (Å²) in [5.41, 5.74) is 4.36. The van der Waals surface area contributed by atoms with Gasteiger partial charge in [-0.1, -0.05) is 12.1 Å². The van der Waals surface area contributed by atoms with E-state index in [9.17, 15) is 12.8 Å². The Labute approximate surface area is 111 Å². The Morgan fingerprint density at radius 3 is 2.74 bits per heavy atom. The minimum absolute atomic E-state index is 0.0524. The molecule has 6 nitrogen and oxygen atoms in total. The molecule has 0 amide bonds. The predicted molar refractivity (Wildman–Crippen MR) is 70.6 cm³/mol. The van der Waals surface area contributed by atoms with Gasteiger partial charge in [-0.15, -0.1) is 0 Å². The van der Waals surface area contributed by atoms with Crippen molar-refractivity contribution in [3.05, 3.63) is 29.6 Å². The Bertz CT molecular complexity index is 646. The maximum Gasteiger partial charge on any atom is 0.239 e. The molecule has 1 fully saturated rings. The second kappa shape index (κ2) is 4.09. The fraction of sp³-hybridized carbons (Fsp3) is 0.364. The normalized spacial score (nSPS) is 26.1. The predicted octanol–water partition coefficient (Wildman–Crippen LogP) is 0.423. The molecule has 1 atom stereocenters. The maximum absolute atomic E-state index is 14.1. The summed E-state index contributed by atoms with van der Waals surface area (Å²) in [5.74, 6) is -1.31. The van der Waals surface area contributed by atoms with Crippen LogP contribution in [0.15, 0.2) is 18.2 Å². The van der Waals surface area contributed by atoms with Gasteiger partial charge in [-0.2, -0.15) is 0 Å². The number of rotatable bonds is 1. The summed E-state index contributed by atoms with van der Waals surface area (Å²) in [6.45, 7) is 1.53. The van der Waals surface area contributed by atoms with Gasteiger partial charge in [0.25, 0.3) is 0 Å². The number of benzene rings is 1. The van der Waals surface area contributed by atoms with Crippen molar-refractivity contribution in [1.82, 2.24) is 9.62 Å². The third kappa shape index (κ3) is 2.12. The molecule has 1 saturated heterocycles. The Morgan fingerprint density at radius 1 is 1.53 bits per heavy atom. The molecule has 4 N–H and O–H groups in total. The van der Waals surface area contributed by atoms with E-state index in [2.05, 4.69) is 5.32 Å². The minimum Gasteiger partial charge on any atom is -0.396 e. The van der Waals surface area contributed by atoms with Gasteiger partial charge < -0.3 is 11.1 Å². The highest BCUT2D eigenvalue weighted by Crippen LogP contribution is 2.31. The summed E-state index contributed by atoms with van der Waals surface area (Å²) in [5, 5.41) is 10.4. The maximum atomic E-state index is 14.1. The summed E-state index contributed by atoms with van der Waals surface area (Å²) in [7, 11) is -2.38. The Morgan fingerprint density at radius 2 is 2.16 bits per heavy atom. The third-order valence-electron chi connectivity index (χ3n) is 3.22. The van der Waals surface area contributed by atoms with Crippen LogP contribution in [0.5, 0.6) is 0 Å². The topological polar surface area (TPSA) is 99.3 Å². The van der Waals surface area contributed by atoms with Gasteiger partial charge in [0.1, 0.15) is 0 Å². The summed E-state index contributed by atoms with van der Waals surface area (Å²) in [6.07, 6.45) is 0. The molecule has 0 aliphatic carbocycles. The van der Waals surface area contributed by atoms with E-state index in [1.165, 1.54) is 26.1 Å². The highest BCUT2D eigenvalue weighted by Gasteiger charge is 2.43. The van der Waals surface area contributed by atoms with Crippen molar-refractivity contribution in [2.45, 2.75) is 12.5 Å². The quantitative estimate of drug-likeness (QED) is 0.652. The molecule has 0 bridgehead atoms. The first-order valence-corrected chi connectivity index (χ1v) is 7.16. The number of nitrogens with two attached hydrogens (primary N) is 1. The first-order valence-electron chi connectivity index (χ1n) is 5.55. The average Bonchev–Trinajstić information content (AvgIpc) is 2.29. The third-order valence-corrected chi connectivity index (χ3v) is 5.18. The van der Waals surface area contributed by atoms with E-state index >= 15 is 0 Å². The zero-order valence-corrected chi connectivity index (χ0v) is 11.4. The van der Waals surface area contributed by atoms with Crippen LogP contribution in [0.4, 0.5) is 10.1 Å². The second-order valence-corrected chi connectivity index (χ2v) is 6.74. The van der Waals surface area contributed by atoms with E-state index < -0.39 is 21.4 Å². The molecular formula is C11H15FN4O2S. The molecule has 1 aromatic rings. The van der Waals surface area contributed by atoms with E-state index in [1.807, 2.05) is 0 Å². The average molecular weight is 286 g/mol. The Hall–Kier alpha value is -1.83. The van der Waals surface area contributed by atoms with Crippen LogP contribution >= 0.6 is 0 Å². The molecule has 0 aromatic heterocycles. The number of halogens is 1. The number of hydrogen-bond donors (Lipinski definition) is 3. The molecule has 19 heavy (non-hydrogen) atoms. The summed E-state index contributed by atoms with van der Waals surface area (Å²) >= 11 is 0. The second-order valence-electron chi connectivity index (χ2n) is 4.74. The molecule has 0 unspecified atom stereocenters. The van der Waals surface area contributed by atoms with Crippen molar-refractivity contribution in [2.75, 3.05) is 18.5 Å². The van der Waals surface area contributed by atoms with Crippen molar-refractivity contribution < 1.29 is 12.8 Å². The first kappa shape index (κ1) is 13.6. The lowest BCUT2D eigenvalue weighted by atomic mass is 9.93. The van der Waals surface area contributed by atoms with Crippen molar-refractivity contribution in [1.29, 1.82) is 5.41 Å². The van der Waals surface area contributed by atoms with Gasteiger partial charge in [0.2, 0.25) is 16.0 Å². The van der Waals surface area contributed by atoms with E-state index in [0.717, 1.165) is 4.31 Å². The highest BCUT2D eigenvalue weighted by atomic mass is 32.2. The molecule has 1 aliphatic rings. The summed E-state index contributed by atoms with van der Waals surface area (Å²) in [4.78, 5) is 0. The van der Waals surface area contributed by atoms with E-state index in [0.29, 0.717) is 0 Å². The molecule has 2 rings (SSSR count). The lowest BCUT2D eigenvalue weighted by molar-refractivity contribution is 0.403. The largest absolute Gasteiger partial charge is 0.396 e. The highest BCUT2D eigenvalue weighted by molar-refractivity contribution is 7.89. The first-order chi connectivity index (χ1) is 8.67. The van der Waals surface area contributed by atoms with E-state index in [1.54, 1.807) is 6.07 Å². The molecule has 0 radical (unpaired) electrons. The van der Waals surface area contributed by atoms with E-state index in [-0.39, 0.29) is 23.0 Å². The van der Waals surface area contributed by atoms with Crippen LogP contribution in [0.3, 0.4) is 0 Å². The monoisotopic (exact) mass is 286 g/mol. The van der Waals surface area contributed by atoms with Gasteiger partial charge in [-0.25, -0.2) is 17.1 Å². The lowest BCUT2D eigenvalue weighted by Crippen LogP contribution is -2.61. The van der Waals surface area contributed by atoms with E-state index in [4.69, 9.17) is 11.1 Å². The molecule has 104 valence electrons. The number of nitrogen functional groups attached to an aromatic ring is 1. The molecule has 8 heteroatoms. The standard InChI is InChI=1S/C11H15FN4O2S/c1-11(7-4-3-5-8(13)9(7)12)6-19(17,18)16(2)10(14)15-11/h3-5H,6,13H2,1-2H3,(H2,14,15)/t11-/m0/s1. The summed E-state index contributed by atoms with van der Waals surface area (Å²) in [6, 6.07) is 4.42. The van der Waals surface area contributed by atoms with Crippen molar-refractivity contribution in [2.24, 2.45) is 0 Å². The van der Waals surface area contributed by atoms with Crippen molar-refractivity contribution >= 4 is 21.7 Å². The van der Waals surface area contributed by atoms with Gasteiger partial charge in [-0.3, -0.25) is 5.41 Å². The van der Waals surface area contributed by atoms with Gasteiger partial charge in [-0.05, 0) is 13.0 Å². The number of nitrogens with zero attached hydrogens (tertiary/aromatic N) is 1. The van der Waals surface area contributed by atoms with Crippen LogP contribution in [0.25, 0.3) is 0 Å². The smallest absolute Gasteiger partial charge is 0.239 e. The number of hydrogen-bond acceptors (Lipinski definition) is 4. The molecular weight excluding hydrogens is 271 g/mol. The molecule has 0 spiro atoms. The van der Waals surface area contributed by atoms with Gasteiger partial charge >= 0.3 is 0 Å². The van der Waals surface area contributed by atoms with Gasteiger partial charge in [0, 0.05) is 12.6 Å². The number of sulfonamides is 1. The fourth-order valence-electron chi connectivity index (χ4n) is 2.10. The Balaban J connectivity index is 2.55. The van der Waals surface area contributed by atoms with Crippen LogP contribution in [-0.4, -0.2) is 31.5 Å². The molecule has 1 aliphatic heterocycles.